The number of nitrogens with one attached hydrogen (secondary N) is 1. The topological polar surface area (TPSA) is 71.8 Å². The van der Waals surface area contributed by atoms with Crippen LogP contribution in [0.4, 0.5) is 5.69 Å². The van der Waals surface area contributed by atoms with Crippen LogP contribution in [0.3, 0.4) is 0 Å². The molecule has 1 saturated carbocycles. The number of carbonyl (C=O) groups excluding carboxylic acids is 2. The highest BCUT2D eigenvalue weighted by molar-refractivity contribution is 6.11. The van der Waals surface area contributed by atoms with Crippen LogP contribution in [0.15, 0.2) is 40.3 Å². The summed E-state index contributed by atoms with van der Waals surface area (Å²) in [5.74, 6) is -0.0177. The standard InChI is InChI=1S/C23H28N2O4/c1-14(2)13-16-18(23(16,3)4)21(26)24-19-15-7-5-6-8-17(15)29-20(19)22(27)25-9-11-28-12-10-25/h5-8,13,16,18H,9-12H2,1-4H3,(H,24,26). The Morgan fingerprint density at radius 2 is 1.86 bits per heavy atom. The molecule has 0 spiro atoms. The third kappa shape index (κ3) is 3.57. The zero-order valence-corrected chi connectivity index (χ0v) is 17.5. The lowest BCUT2D eigenvalue weighted by molar-refractivity contribution is -0.118. The smallest absolute Gasteiger partial charge is 0.291 e. The zero-order valence-electron chi connectivity index (χ0n) is 17.5. The van der Waals surface area contributed by atoms with E-state index >= 15 is 0 Å². The Bertz CT molecular complexity index is 978. The molecule has 1 aromatic heterocycles. The largest absolute Gasteiger partial charge is 0.449 e. The van der Waals surface area contributed by atoms with Crippen molar-refractivity contribution in [3.05, 3.63) is 41.7 Å². The van der Waals surface area contributed by atoms with Crippen LogP contribution in [0, 0.1) is 17.3 Å². The number of rotatable bonds is 4. The van der Waals surface area contributed by atoms with E-state index in [9.17, 15) is 9.59 Å². The maximum Gasteiger partial charge on any atom is 0.291 e. The van der Waals surface area contributed by atoms with Crippen LogP contribution < -0.4 is 5.32 Å². The fraction of sp³-hybridized carbons (Fsp3) is 0.478. The molecule has 29 heavy (non-hydrogen) atoms. The molecule has 4 rings (SSSR count). The highest BCUT2D eigenvalue weighted by Crippen LogP contribution is 2.59. The molecule has 2 fully saturated rings. The first-order valence-electron chi connectivity index (χ1n) is 10.1. The van der Waals surface area contributed by atoms with Gasteiger partial charge in [0.2, 0.25) is 11.7 Å². The van der Waals surface area contributed by atoms with Crippen molar-refractivity contribution in [2.45, 2.75) is 27.7 Å². The number of anilines is 1. The van der Waals surface area contributed by atoms with Gasteiger partial charge in [-0.2, -0.15) is 0 Å². The molecular weight excluding hydrogens is 368 g/mol. The molecule has 1 aliphatic heterocycles. The predicted molar refractivity (Wildman–Crippen MR) is 112 cm³/mol. The van der Waals surface area contributed by atoms with Gasteiger partial charge in [0.25, 0.3) is 5.91 Å². The number of furan rings is 1. The third-order valence-corrected chi connectivity index (χ3v) is 6.04. The van der Waals surface area contributed by atoms with Crippen LogP contribution in [-0.4, -0.2) is 43.0 Å². The summed E-state index contributed by atoms with van der Waals surface area (Å²) in [6.07, 6.45) is 2.16. The minimum atomic E-state index is -0.212. The van der Waals surface area contributed by atoms with E-state index in [2.05, 4.69) is 25.2 Å². The molecule has 2 aliphatic rings. The van der Waals surface area contributed by atoms with E-state index < -0.39 is 0 Å². The molecule has 2 atom stereocenters. The first-order chi connectivity index (χ1) is 13.8. The number of ether oxygens (including phenoxy) is 1. The second kappa shape index (κ2) is 7.34. The predicted octanol–water partition coefficient (Wildman–Crippen LogP) is 4.08. The Labute approximate surface area is 170 Å². The van der Waals surface area contributed by atoms with Crippen molar-refractivity contribution < 1.29 is 18.7 Å². The van der Waals surface area contributed by atoms with E-state index in [-0.39, 0.29) is 34.8 Å². The number of benzene rings is 1. The van der Waals surface area contributed by atoms with Crippen LogP contribution in [0.5, 0.6) is 0 Å². The van der Waals surface area contributed by atoms with E-state index in [4.69, 9.17) is 9.15 Å². The SMILES string of the molecule is CC(C)=CC1C(C(=O)Nc2c(C(=O)N3CCOCC3)oc3ccccc23)C1(C)C. The Hall–Kier alpha value is -2.60. The van der Waals surface area contributed by atoms with E-state index in [1.807, 2.05) is 38.1 Å². The van der Waals surface area contributed by atoms with Gasteiger partial charge in [0.05, 0.1) is 19.1 Å². The van der Waals surface area contributed by atoms with E-state index in [0.717, 1.165) is 5.39 Å². The summed E-state index contributed by atoms with van der Waals surface area (Å²) in [5, 5.41) is 3.78. The third-order valence-electron chi connectivity index (χ3n) is 6.04. The molecular formula is C23H28N2O4. The van der Waals surface area contributed by atoms with E-state index in [0.29, 0.717) is 37.6 Å². The summed E-state index contributed by atoms with van der Waals surface area (Å²) < 4.78 is 11.2. The van der Waals surface area contributed by atoms with Gasteiger partial charge in [-0.1, -0.05) is 37.6 Å². The molecule has 1 saturated heterocycles. The molecule has 0 bridgehead atoms. The summed E-state index contributed by atoms with van der Waals surface area (Å²) in [7, 11) is 0. The number of nitrogens with zero attached hydrogens (tertiary/aromatic N) is 1. The van der Waals surface area contributed by atoms with Crippen LogP contribution in [0.25, 0.3) is 11.0 Å². The maximum absolute atomic E-state index is 13.1. The number of morpholine rings is 1. The molecule has 6 heteroatoms. The van der Waals surface area contributed by atoms with Crippen molar-refractivity contribution in [2.75, 3.05) is 31.6 Å². The van der Waals surface area contributed by atoms with Gasteiger partial charge in [0.15, 0.2) is 0 Å². The molecule has 2 heterocycles. The van der Waals surface area contributed by atoms with Gasteiger partial charge < -0.3 is 19.4 Å². The Kier molecular flexibility index (Phi) is 4.99. The summed E-state index contributed by atoms with van der Waals surface area (Å²) in [6.45, 7) is 10.4. The van der Waals surface area contributed by atoms with E-state index in [1.54, 1.807) is 4.90 Å². The lowest BCUT2D eigenvalue weighted by atomic mass is 10.1. The van der Waals surface area contributed by atoms with Crippen molar-refractivity contribution in [2.24, 2.45) is 17.3 Å². The van der Waals surface area contributed by atoms with Gasteiger partial charge in [-0.05, 0) is 37.3 Å². The van der Waals surface area contributed by atoms with Crippen LogP contribution >= 0.6 is 0 Å². The van der Waals surface area contributed by atoms with Gasteiger partial charge >= 0.3 is 0 Å². The van der Waals surface area contributed by atoms with Gasteiger partial charge in [-0.3, -0.25) is 9.59 Å². The number of fused-ring (bicyclic) bond motifs is 1. The zero-order chi connectivity index (χ0) is 20.8. The fourth-order valence-corrected chi connectivity index (χ4v) is 4.28. The molecule has 2 aromatic rings. The van der Waals surface area contributed by atoms with Crippen LogP contribution in [0.1, 0.15) is 38.2 Å². The minimum absolute atomic E-state index is 0.0694. The highest BCUT2D eigenvalue weighted by Gasteiger charge is 2.60. The Morgan fingerprint density at radius 1 is 1.17 bits per heavy atom. The molecule has 1 aromatic carbocycles. The lowest BCUT2D eigenvalue weighted by Crippen LogP contribution is -2.40. The number of para-hydroxylation sites is 1. The monoisotopic (exact) mass is 396 g/mol. The van der Waals surface area contributed by atoms with Gasteiger partial charge in [-0.25, -0.2) is 0 Å². The number of allylic oxidation sites excluding steroid dienone is 2. The summed E-state index contributed by atoms with van der Waals surface area (Å²) >= 11 is 0. The van der Waals surface area contributed by atoms with Crippen molar-refractivity contribution in [3.63, 3.8) is 0 Å². The van der Waals surface area contributed by atoms with Crippen LogP contribution in [-0.2, 0) is 9.53 Å². The number of hydrogen-bond acceptors (Lipinski definition) is 4. The second-order valence-electron chi connectivity index (χ2n) is 8.77. The van der Waals surface area contributed by atoms with Gasteiger partial charge in [0.1, 0.15) is 11.3 Å². The molecule has 6 nitrogen and oxygen atoms in total. The Balaban J connectivity index is 1.65. The van der Waals surface area contributed by atoms with Crippen molar-refractivity contribution in [3.8, 4) is 0 Å². The molecule has 1 N–H and O–H groups in total. The van der Waals surface area contributed by atoms with Crippen molar-refractivity contribution in [1.82, 2.24) is 4.90 Å². The summed E-state index contributed by atoms with van der Waals surface area (Å²) in [6, 6.07) is 7.42. The fourth-order valence-electron chi connectivity index (χ4n) is 4.28. The summed E-state index contributed by atoms with van der Waals surface area (Å²) in [5.41, 5.74) is 2.17. The van der Waals surface area contributed by atoms with E-state index in [1.165, 1.54) is 5.57 Å². The lowest BCUT2D eigenvalue weighted by Gasteiger charge is -2.26. The highest BCUT2D eigenvalue weighted by atomic mass is 16.5. The average Bonchev–Trinajstić information content (AvgIpc) is 3.05. The van der Waals surface area contributed by atoms with Crippen LogP contribution in [0.2, 0.25) is 0 Å². The van der Waals surface area contributed by atoms with Gasteiger partial charge in [0, 0.05) is 18.5 Å². The molecule has 0 radical (unpaired) electrons. The first-order valence-corrected chi connectivity index (χ1v) is 10.1. The maximum atomic E-state index is 13.1. The summed E-state index contributed by atoms with van der Waals surface area (Å²) in [4.78, 5) is 28.0. The molecule has 2 unspecified atom stereocenters. The average molecular weight is 396 g/mol. The molecule has 154 valence electrons. The minimum Gasteiger partial charge on any atom is -0.449 e. The number of hydrogen-bond donors (Lipinski definition) is 1. The first kappa shape index (κ1) is 19.7. The number of amides is 2. The molecule has 1 aliphatic carbocycles. The normalized spacial score (nSPS) is 23.0. The molecule has 2 amide bonds. The Morgan fingerprint density at radius 3 is 2.55 bits per heavy atom. The quantitative estimate of drug-likeness (QED) is 0.791. The number of carbonyl (C=O) groups is 2. The van der Waals surface area contributed by atoms with Crippen molar-refractivity contribution in [1.29, 1.82) is 0 Å². The van der Waals surface area contributed by atoms with Gasteiger partial charge in [-0.15, -0.1) is 0 Å². The van der Waals surface area contributed by atoms with Crippen molar-refractivity contribution >= 4 is 28.5 Å². The second-order valence-corrected chi connectivity index (χ2v) is 8.77.